The molecule has 0 radical (unpaired) electrons. The van der Waals surface area contributed by atoms with Crippen LogP contribution in [0.4, 0.5) is 10.1 Å². The molecule has 0 atom stereocenters. The number of fused-ring (bicyclic) bond motifs is 1. The smallest absolute Gasteiger partial charge is 0.128 e. The molecule has 0 unspecified atom stereocenters. The zero-order valence-electron chi connectivity index (χ0n) is 10.8. The molecule has 1 heterocycles. The Labute approximate surface area is 125 Å². The monoisotopic (exact) mass is 306 g/mol. The average Bonchev–Trinajstić information content (AvgIpc) is 2.90. The first-order chi connectivity index (χ1) is 9.65. The van der Waals surface area contributed by atoms with Gasteiger partial charge < -0.3 is 5.32 Å². The van der Waals surface area contributed by atoms with Crippen LogP contribution in [0.1, 0.15) is 11.1 Å². The molecule has 20 heavy (non-hydrogen) atoms. The van der Waals surface area contributed by atoms with Gasteiger partial charge in [0, 0.05) is 12.1 Å². The molecule has 0 saturated heterocycles. The van der Waals surface area contributed by atoms with E-state index in [1.165, 1.54) is 6.07 Å². The molecule has 5 heteroatoms. The quantitative estimate of drug-likeness (QED) is 0.736. The van der Waals surface area contributed by atoms with Gasteiger partial charge in [-0.1, -0.05) is 29.3 Å². The number of rotatable bonds is 3. The normalized spacial score (nSPS) is 10.9. The van der Waals surface area contributed by atoms with Crippen LogP contribution in [-0.2, 0) is 6.54 Å². The van der Waals surface area contributed by atoms with Crippen LogP contribution >= 0.6 is 22.9 Å². The standard InChI is InChI=1S/C15H12ClFN2S/c1-9-2-4-12(17)10(6-9)7-18-14-11(16)3-5-13-15(14)19-8-20-13/h2-6,8,18H,7H2,1H3. The van der Waals surface area contributed by atoms with Crippen molar-refractivity contribution in [2.45, 2.75) is 13.5 Å². The Morgan fingerprint density at radius 3 is 3.00 bits per heavy atom. The maximum absolute atomic E-state index is 13.7. The molecule has 0 aliphatic carbocycles. The van der Waals surface area contributed by atoms with Gasteiger partial charge in [-0.25, -0.2) is 9.37 Å². The van der Waals surface area contributed by atoms with E-state index in [0.717, 1.165) is 21.5 Å². The lowest BCUT2D eigenvalue weighted by molar-refractivity contribution is 0.612. The second-order valence-electron chi connectivity index (χ2n) is 4.57. The fraction of sp³-hybridized carbons (Fsp3) is 0.133. The first-order valence-electron chi connectivity index (χ1n) is 6.16. The number of anilines is 1. The lowest BCUT2D eigenvalue weighted by Crippen LogP contribution is -2.03. The van der Waals surface area contributed by atoms with Crippen molar-refractivity contribution >= 4 is 38.8 Å². The molecule has 0 saturated carbocycles. The Kier molecular flexibility index (Phi) is 3.59. The summed E-state index contributed by atoms with van der Waals surface area (Å²) in [5, 5.41) is 3.79. The lowest BCUT2D eigenvalue weighted by atomic mass is 10.1. The number of aryl methyl sites for hydroxylation is 1. The Balaban J connectivity index is 1.92. The van der Waals surface area contributed by atoms with Crippen molar-refractivity contribution in [3.63, 3.8) is 0 Å². The van der Waals surface area contributed by atoms with E-state index >= 15 is 0 Å². The van der Waals surface area contributed by atoms with Crippen LogP contribution in [0.15, 0.2) is 35.8 Å². The van der Waals surface area contributed by atoms with Crippen molar-refractivity contribution in [3.05, 3.63) is 57.8 Å². The van der Waals surface area contributed by atoms with Crippen molar-refractivity contribution in [2.75, 3.05) is 5.32 Å². The number of hydrogen-bond acceptors (Lipinski definition) is 3. The van der Waals surface area contributed by atoms with E-state index in [1.807, 2.05) is 25.1 Å². The molecular weight excluding hydrogens is 295 g/mol. The van der Waals surface area contributed by atoms with E-state index in [-0.39, 0.29) is 5.82 Å². The second kappa shape index (κ2) is 5.38. The zero-order chi connectivity index (χ0) is 14.1. The number of hydrogen-bond donors (Lipinski definition) is 1. The van der Waals surface area contributed by atoms with Gasteiger partial charge in [-0.15, -0.1) is 11.3 Å². The Bertz CT molecular complexity index is 770. The number of benzene rings is 2. The van der Waals surface area contributed by atoms with Crippen LogP contribution in [0.3, 0.4) is 0 Å². The molecule has 1 N–H and O–H groups in total. The number of halogens is 2. The molecule has 1 aromatic heterocycles. The molecule has 3 aromatic rings. The number of thiazole rings is 1. The minimum Gasteiger partial charge on any atom is -0.378 e. The molecule has 0 spiro atoms. The molecule has 0 fully saturated rings. The van der Waals surface area contributed by atoms with Gasteiger partial charge in [0.05, 0.1) is 20.9 Å². The van der Waals surface area contributed by atoms with E-state index in [2.05, 4.69) is 10.3 Å². The van der Waals surface area contributed by atoms with E-state index in [1.54, 1.807) is 22.9 Å². The molecular formula is C15H12ClFN2S. The van der Waals surface area contributed by atoms with E-state index in [9.17, 15) is 4.39 Å². The molecule has 2 aromatic carbocycles. The van der Waals surface area contributed by atoms with E-state index < -0.39 is 0 Å². The highest BCUT2D eigenvalue weighted by Crippen LogP contribution is 2.32. The summed E-state index contributed by atoms with van der Waals surface area (Å²) in [6, 6.07) is 8.84. The van der Waals surface area contributed by atoms with Crippen LogP contribution in [0.5, 0.6) is 0 Å². The van der Waals surface area contributed by atoms with Gasteiger partial charge in [0.25, 0.3) is 0 Å². The summed E-state index contributed by atoms with van der Waals surface area (Å²) in [6.07, 6.45) is 0. The van der Waals surface area contributed by atoms with Crippen LogP contribution in [0.25, 0.3) is 10.2 Å². The SMILES string of the molecule is Cc1ccc(F)c(CNc2c(Cl)ccc3scnc23)c1. The predicted molar refractivity (Wildman–Crippen MR) is 83.1 cm³/mol. The summed E-state index contributed by atoms with van der Waals surface area (Å²) in [7, 11) is 0. The van der Waals surface area contributed by atoms with Gasteiger partial charge in [-0.3, -0.25) is 0 Å². The van der Waals surface area contributed by atoms with Gasteiger partial charge >= 0.3 is 0 Å². The number of nitrogens with zero attached hydrogens (tertiary/aromatic N) is 1. The molecule has 2 nitrogen and oxygen atoms in total. The maximum Gasteiger partial charge on any atom is 0.128 e. The second-order valence-corrected chi connectivity index (χ2v) is 5.86. The minimum absolute atomic E-state index is 0.218. The molecule has 102 valence electrons. The first kappa shape index (κ1) is 13.3. The van der Waals surface area contributed by atoms with Crippen molar-refractivity contribution < 1.29 is 4.39 Å². The minimum atomic E-state index is -0.218. The van der Waals surface area contributed by atoms with E-state index in [0.29, 0.717) is 17.1 Å². The fourth-order valence-electron chi connectivity index (χ4n) is 2.10. The highest BCUT2D eigenvalue weighted by Gasteiger charge is 2.09. The first-order valence-corrected chi connectivity index (χ1v) is 7.41. The largest absolute Gasteiger partial charge is 0.378 e. The van der Waals surface area contributed by atoms with E-state index in [4.69, 9.17) is 11.6 Å². The summed E-state index contributed by atoms with van der Waals surface area (Å²) in [5.74, 6) is -0.218. The van der Waals surface area contributed by atoms with Gasteiger partial charge in [0.1, 0.15) is 11.3 Å². The van der Waals surface area contributed by atoms with Crippen LogP contribution in [0, 0.1) is 12.7 Å². The summed E-state index contributed by atoms with van der Waals surface area (Å²) >= 11 is 7.76. The van der Waals surface area contributed by atoms with Crippen LogP contribution in [0.2, 0.25) is 5.02 Å². The molecule has 0 amide bonds. The summed E-state index contributed by atoms with van der Waals surface area (Å²) < 4.78 is 14.8. The van der Waals surface area contributed by atoms with Crippen molar-refractivity contribution in [1.29, 1.82) is 0 Å². The highest BCUT2D eigenvalue weighted by molar-refractivity contribution is 7.16. The molecule has 0 bridgehead atoms. The third-order valence-electron chi connectivity index (χ3n) is 3.11. The molecule has 3 rings (SSSR count). The molecule has 0 aliphatic rings. The summed E-state index contributed by atoms with van der Waals surface area (Å²) in [4.78, 5) is 4.31. The molecule has 0 aliphatic heterocycles. The Morgan fingerprint density at radius 2 is 2.15 bits per heavy atom. The van der Waals surface area contributed by atoms with Gasteiger partial charge in [-0.05, 0) is 25.1 Å². The van der Waals surface area contributed by atoms with Crippen molar-refractivity contribution in [2.24, 2.45) is 0 Å². The topological polar surface area (TPSA) is 24.9 Å². The zero-order valence-corrected chi connectivity index (χ0v) is 12.4. The Morgan fingerprint density at radius 1 is 1.30 bits per heavy atom. The van der Waals surface area contributed by atoms with Crippen molar-refractivity contribution in [3.8, 4) is 0 Å². The highest BCUT2D eigenvalue weighted by atomic mass is 35.5. The average molecular weight is 307 g/mol. The third-order valence-corrected chi connectivity index (χ3v) is 4.22. The third kappa shape index (κ3) is 2.49. The number of aromatic nitrogens is 1. The van der Waals surface area contributed by atoms with Crippen LogP contribution < -0.4 is 5.32 Å². The number of nitrogens with one attached hydrogen (secondary N) is 1. The Hall–Kier alpha value is -1.65. The van der Waals surface area contributed by atoms with Gasteiger partial charge in [0.2, 0.25) is 0 Å². The summed E-state index contributed by atoms with van der Waals surface area (Å²) in [5.41, 5.74) is 5.01. The fourth-order valence-corrected chi connectivity index (χ4v) is 3.00. The maximum atomic E-state index is 13.7. The van der Waals surface area contributed by atoms with Crippen molar-refractivity contribution in [1.82, 2.24) is 4.98 Å². The van der Waals surface area contributed by atoms with Crippen LogP contribution in [-0.4, -0.2) is 4.98 Å². The van der Waals surface area contributed by atoms with Gasteiger partial charge in [-0.2, -0.15) is 0 Å². The lowest BCUT2D eigenvalue weighted by Gasteiger charge is -2.10. The summed E-state index contributed by atoms with van der Waals surface area (Å²) in [6.45, 7) is 2.32. The predicted octanol–water partition coefficient (Wildman–Crippen LogP) is 5.01. The van der Waals surface area contributed by atoms with Gasteiger partial charge in [0.15, 0.2) is 0 Å².